The van der Waals surface area contributed by atoms with Gasteiger partial charge in [-0.25, -0.2) is 0 Å². The summed E-state index contributed by atoms with van der Waals surface area (Å²) in [5.74, 6) is 0.495. The highest BCUT2D eigenvalue weighted by Gasteiger charge is 2.30. The van der Waals surface area contributed by atoms with E-state index >= 15 is 0 Å². The lowest BCUT2D eigenvalue weighted by Gasteiger charge is -2.20. The van der Waals surface area contributed by atoms with Crippen molar-refractivity contribution in [2.24, 2.45) is 5.92 Å². The van der Waals surface area contributed by atoms with Crippen molar-refractivity contribution in [2.75, 3.05) is 33.4 Å². The van der Waals surface area contributed by atoms with Gasteiger partial charge < -0.3 is 14.8 Å². The summed E-state index contributed by atoms with van der Waals surface area (Å²) < 4.78 is 11.1. The molecule has 112 valence electrons. The maximum atomic E-state index is 6.01. The Morgan fingerprint density at radius 2 is 2.24 bits per heavy atom. The monoisotopic (exact) mass is 286 g/mol. The van der Waals surface area contributed by atoms with Gasteiger partial charge in [-0.15, -0.1) is 0 Å². The molecular weight excluding hydrogens is 264 g/mol. The molecule has 0 saturated carbocycles. The van der Waals surface area contributed by atoms with Crippen molar-refractivity contribution in [3.05, 3.63) is 42.2 Å². The van der Waals surface area contributed by atoms with Gasteiger partial charge in [-0.1, -0.05) is 24.3 Å². The van der Waals surface area contributed by atoms with E-state index in [1.807, 2.05) is 18.5 Å². The van der Waals surface area contributed by atoms with Crippen LogP contribution in [0.1, 0.15) is 18.1 Å². The number of fused-ring (bicyclic) bond motifs is 1. The fourth-order valence-electron chi connectivity index (χ4n) is 3.01. The van der Waals surface area contributed by atoms with E-state index in [2.05, 4.69) is 28.5 Å². The lowest BCUT2D eigenvalue weighted by Crippen LogP contribution is -2.27. The number of aromatic nitrogens is 1. The SMILES string of the molecule is COCCNCC1CCOC1c1cncc2ccccc12. The lowest BCUT2D eigenvalue weighted by atomic mass is 9.93. The first-order valence-electron chi connectivity index (χ1n) is 7.54. The van der Waals surface area contributed by atoms with Gasteiger partial charge in [0, 0.05) is 56.1 Å². The van der Waals surface area contributed by atoms with E-state index in [0.717, 1.165) is 32.7 Å². The average Bonchev–Trinajstić information content (AvgIpc) is 2.99. The van der Waals surface area contributed by atoms with Crippen LogP contribution < -0.4 is 5.32 Å². The van der Waals surface area contributed by atoms with Crippen LogP contribution in [0, 0.1) is 5.92 Å². The van der Waals surface area contributed by atoms with Crippen molar-refractivity contribution in [2.45, 2.75) is 12.5 Å². The summed E-state index contributed by atoms with van der Waals surface area (Å²) >= 11 is 0. The molecule has 1 N–H and O–H groups in total. The van der Waals surface area contributed by atoms with Crippen LogP contribution in [0.3, 0.4) is 0 Å². The standard InChI is InChI=1S/C17H22N2O2/c1-20-9-7-18-11-14-6-8-21-17(14)16-12-19-10-13-4-2-3-5-15(13)16/h2-5,10,12,14,17-18H,6-9,11H2,1H3. The first kappa shape index (κ1) is 14.4. The first-order valence-corrected chi connectivity index (χ1v) is 7.54. The fraction of sp³-hybridized carbons (Fsp3) is 0.471. The van der Waals surface area contributed by atoms with Gasteiger partial charge in [-0.2, -0.15) is 0 Å². The first-order chi connectivity index (χ1) is 10.4. The zero-order valence-electron chi connectivity index (χ0n) is 12.4. The molecular formula is C17H22N2O2. The number of pyridine rings is 1. The summed E-state index contributed by atoms with van der Waals surface area (Å²) in [5, 5.41) is 5.88. The van der Waals surface area contributed by atoms with Crippen LogP contribution in [0.4, 0.5) is 0 Å². The summed E-state index contributed by atoms with van der Waals surface area (Å²) in [5.41, 5.74) is 1.21. The highest BCUT2D eigenvalue weighted by atomic mass is 16.5. The third-order valence-electron chi connectivity index (χ3n) is 4.11. The third kappa shape index (κ3) is 3.23. The normalized spacial score (nSPS) is 22.0. The summed E-state index contributed by atoms with van der Waals surface area (Å²) in [6.45, 7) is 3.41. The minimum Gasteiger partial charge on any atom is -0.383 e. The Morgan fingerprint density at radius 3 is 3.14 bits per heavy atom. The molecule has 4 heteroatoms. The van der Waals surface area contributed by atoms with E-state index in [1.165, 1.54) is 16.3 Å². The third-order valence-corrected chi connectivity index (χ3v) is 4.11. The predicted octanol–water partition coefficient (Wildman–Crippen LogP) is 2.55. The summed E-state index contributed by atoms with van der Waals surface area (Å²) in [7, 11) is 1.73. The fourth-order valence-corrected chi connectivity index (χ4v) is 3.01. The Balaban J connectivity index is 1.77. The average molecular weight is 286 g/mol. The molecule has 1 saturated heterocycles. The van der Waals surface area contributed by atoms with Crippen LogP contribution >= 0.6 is 0 Å². The van der Waals surface area contributed by atoms with Crippen LogP contribution in [-0.4, -0.2) is 38.4 Å². The number of benzene rings is 1. The second-order valence-electron chi connectivity index (χ2n) is 5.49. The molecule has 3 rings (SSSR count). The van der Waals surface area contributed by atoms with Gasteiger partial charge in [0.05, 0.1) is 12.7 Å². The molecule has 0 spiro atoms. The molecule has 2 unspecified atom stereocenters. The number of nitrogens with zero attached hydrogens (tertiary/aromatic N) is 1. The van der Waals surface area contributed by atoms with Crippen LogP contribution in [0.5, 0.6) is 0 Å². The van der Waals surface area contributed by atoms with Crippen LogP contribution in [-0.2, 0) is 9.47 Å². The molecule has 1 aliphatic heterocycles. The highest BCUT2D eigenvalue weighted by molar-refractivity contribution is 5.85. The van der Waals surface area contributed by atoms with Crippen LogP contribution in [0.25, 0.3) is 10.8 Å². The van der Waals surface area contributed by atoms with E-state index in [-0.39, 0.29) is 6.10 Å². The van der Waals surface area contributed by atoms with Gasteiger partial charge in [0.1, 0.15) is 0 Å². The molecule has 2 atom stereocenters. The number of methoxy groups -OCH3 is 1. The smallest absolute Gasteiger partial charge is 0.0886 e. The Bertz CT molecular complexity index is 583. The number of rotatable bonds is 6. The Morgan fingerprint density at radius 1 is 1.33 bits per heavy atom. The molecule has 1 aliphatic rings. The van der Waals surface area contributed by atoms with Gasteiger partial charge in [0.15, 0.2) is 0 Å². The van der Waals surface area contributed by atoms with Gasteiger partial charge in [0.25, 0.3) is 0 Å². The minimum absolute atomic E-state index is 0.138. The van der Waals surface area contributed by atoms with Crippen molar-refractivity contribution in [3.8, 4) is 0 Å². The molecule has 1 aromatic carbocycles. The Hall–Kier alpha value is -1.49. The molecule has 1 aromatic heterocycles. The topological polar surface area (TPSA) is 43.4 Å². The van der Waals surface area contributed by atoms with Crippen LogP contribution in [0.15, 0.2) is 36.7 Å². The van der Waals surface area contributed by atoms with Gasteiger partial charge >= 0.3 is 0 Å². The molecule has 4 nitrogen and oxygen atoms in total. The summed E-state index contributed by atoms with van der Waals surface area (Å²) in [6.07, 6.45) is 5.10. The van der Waals surface area contributed by atoms with E-state index < -0.39 is 0 Å². The van der Waals surface area contributed by atoms with Gasteiger partial charge in [-0.3, -0.25) is 4.98 Å². The second kappa shape index (κ2) is 6.98. The zero-order valence-corrected chi connectivity index (χ0v) is 12.4. The molecule has 21 heavy (non-hydrogen) atoms. The van der Waals surface area contributed by atoms with Crippen molar-refractivity contribution in [1.82, 2.24) is 10.3 Å². The Kier molecular flexibility index (Phi) is 4.80. The maximum absolute atomic E-state index is 6.01. The van der Waals surface area contributed by atoms with Crippen molar-refractivity contribution < 1.29 is 9.47 Å². The van der Waals surface area contributed by atoms with E-state index in [0.29, 0.717) is 5.92 Å². The molecule has 1 fully saturated rings. The molecule has 2 aromatic rings. The second-order valence-corrected chi connectivity index (χ2v) is 5.49. The molecule has 2 heterocycles. The lowest BCUT2D eigenvalue weighted by molar-refractivity contribution is 0.0907. The molecule has 0 aliphatic carbocycles. The maximum Gasteiger partial charge on any atom is 0.0886 e. The number of hydrogen-bond acceptors (Lipinski definition) is 4. The van der Waals surface area contributed by atoms with Crippen molar-refractivity contribution in [3.63, 3.8) is 0 Å². The number of nitrogens with one attached hydrogen (secondary N) is 1. The van der Waals surface area contributed by atoms with Gasteiger partial charge in [-0.05, 0) is 11.8 Å². The van der Waals surface area contributed by atoms with Crippen LogP contribution in [0.2, 0.25) is 0 Å². The molecule has 0 amide bonds. The quantitative estimate of drug-likeness (QED) is 0.829. The number of ether oxygens (including phenoxy) is 2. The minimum atomic E-state index is 0.138. The molecule has 0 bridgehead atoms. The van der Waals surface area contributed by atoms with E-state index in [9.17, 15) is 0 Å². The summed E-state index contributed by atoms with van der Waals surface area (Å²) in [4.78, 5) is 4.38. The zero-order chi connectivity index (χ0) is 14.5. The van der Waals surface area contributed by atoms with E-state index in [4.69, 9.17) is 9.47 Å². The highest BCUT2D eigenvalue weighted by Crippen LogP contribution is 2.37. The van der Waals surface area contributed by atoms with Crippen molar-refractivity contribution in [1.29, 1.82) is 0 Å². The molecule has 0 radical (unpaired) electrons. The predicted molar refractivity (Wildman–Crippen MR) is 83.3 cm³/mol. The van der Waals surface area contributed by atoms with Crippen molar-refractivity contribution >= 4 is 10.8 Å². The van der Waals surface area contributed by atoms with E-state index in [1.54, 1.807) is 7.11 Å². The number of hydrogen-bond donors (Lipinski definition) is 1. The Labute approximate surface area is 125 Å². The summed E-state index contributed by atoms with van der Waals surface area (Å²) in [6, 6.07) is 8.38. The largest absolute Gasteiger partial charge is 0.383 e. The van der Waals surface area contributed by atoms with Gasteiger partial charge in [0.2, 0.25) is 0 Å².